The maximum absolute atomic E-state index is 11.6. The predicted octanol–water partition coefficient (Wildman–Crippen LogP) is 0.513. The van der Waals surface area contributed by atoms with E-state index < -0.39 is 0 Å². The van der Waals surface area contributed by atoms with Crippen molar-refractivity contribution in [1.29, 1.82) is 0 Å². The number of H-pyrrole nitrogens is 1. The zero-order valence-electron chi connectivity index (χ0n) is 9.16. The fraction of sp³-hybridized carbons (Fsp3) is 0.600. The topological polar surface area (TPSA) is 83.8 Å². The molecule has 1 unspecified atom stereocenters. The third kappa shape index (κ3) is 3.71. The average molecular weight is 210 g/mol. The van der Waals surface area contributed by atoms with E-state index in [1.54, 1.807) is 0 Å². The monoisotopic (exact) mass is 210 g/mol. The summed E-state index contributed by atoms with van der Waals surface area (Å²) in [6.07, 6.45) is 3.86. The molecule has 1 aromatic heterocycles. The standard InChI is InChI=1S/C10H18N4O/c1-7(2)3-8(4-11)14-10(15)9-5-12-6-13-9/h5-8H,3-4,11H2,1-2H3,(H,12,13)(H,14,15). The van der Waals surface area contributed by atoms with Crippen molar-refractivity contribution >= 4 is 5.91 Å². The van der Waals surface area contributed by atoms with Crippen molar-refractivity contribution in [2.24, 2.45) is 11.7 Å². The average Bonchev–Trinajstić information content (AvgIpc) is 2.68. The first-order valence-electron chi connectivity index (χ1n) is 5.12. The van der Waals surface area contributed by atoms with Crippen LogP contribution in [-0.2, 0) is 0 Å². The highest BCUT2D eigenvalue weighted by Crippen LogP contribution is 2.04. The molecular formula is C10H18N4O. The SMILES string of the molecule is CC(C)CC(CN)NC(=O)c1cnc[nH]1. The Morgan fingerprint density at radius 3 is 2.87 bits per heavy atom. The van der Waals surface area contributed by atoms with Crippen LogP contribution in [0, 0.1) is 5.92 Å². The van der Waals surface area contributed by atoms with E-state index in [2.05, 4.69) is 29.1 Å². The number of amides is 1. The van der Waals surface area contributed by atoms with Crippen LogP contribution in [-0.4, -0.2) is 28.5 Å². The second kappa shape index (κ2) is 5.50. The number of carbonyl (C=O) groups excluding carboxylic acids is 1. The van der Waals surface area contributed by atoms with Crippen LogP contribution >= 0.6 is 0 Å². The maximum Gasteiger partial charge on any atom is 0.269 e. The summed E-state index contributed by atoms with van der Waals surface area (Å²) >= 11 is 0. The number of nitrogens with one attached hydrogen (secondary N) is 2. The molecule has 1 aromatic rings. The Morgan fingerprint density at radius 2 is 2.40 bits per heavy atom. The van der Waals surface area contributed by atoms with E-state index >= 15 is 0 Å². The lowest BCUT2D eigenvalue weighted by atomic mass is 10.0. The lowest BCUT2D eigenvalue weighted by molar-refractivity contribution is 0.0929. The van der Waals surface area contributed by atoms with E-state index in [0.717, 1.165) is 6.42 Å². The number of aromatic amines is 1. The minimum absolute atomic E-state index is 0.0285. The molecule has 0 bridgehead atoms. The minimum atomic E-state index is -0.149. The Bertz CT molecular complexity index is 294. The van der Waals surface area contributed by atoms with Crippen LogP contribution < -0.4 is 11.1 Å². The van der Waals surface area contributed by atoms with Crippen LogP contribution in [0.1, 0.15) is 30.8 Å². The van der Waals surface area contributed by atoms with Crippen LogP contribution in [0.2, 0.25) is 0 Å². The summed E-state index contributed by atoms with van der Waals surface area (Å²) in [5.74, 6) is 0.365. The van der Waals surface area contributed by atoms with Crippen molar-refractivity contribution < 1.29 is 4.79 Å². The molecule has 5 heteroatoms. The number of carbonyl (C=O) groups is 1. The third-order valence-electron chi connectivity index (χ3n) is 2.12. The Hall–Kier alpha value is -1.36. The Balaban J connectivity index is 2.48. The molecular weight excluding hydrogens is 192 g/mol. The van der Waals surface area contributed by atoms with Crippen LogP contribution in [0.5, 0.6) is 0 Å². The summed E-state index contributed by atoms with van der Waals surface area (Å²) in [7, 11) is 0. The van der Waals surface area contributed by atoms with Gasteiger partial charge in [0.05, 0.1) is 12.5 Å². The van der Waals surface area contributed by atoms with Crippen molar-refractivity contribution in [3.63, 3.8) is 0 Å². The molecule has 1 atom stereocenters. The van der Waals surface area contributed by atoms with Crippen LogP contribution in [0.25, 0.3) is 0 Å². The smallest absolute Gasteiger partial charge is 0.269 e. The Morgan fingerprint density at radius 1 is 1.67 bits per heavy atom. The van der Waals surface area contributed by atoms with Gasteiger partial charge >= 0.3 is 0 Å². The number of rotatable bonds is 5. The van der Waals surface area contributed by atoms with E-state index in [0.29, 0.717) is 18.2 Å². The van der Waals surface area contributed by atoms with E-state index in [1.807, 2.05) is 0 Å². The number of imidazole rings is 1. The summed E-state index contributed by atoms with van der Waals surface area (Å²) in [6, 6.07) is 0.0285. The fourth-order valence-corrected chi connectivity index (χ4v) is 1.43. The molecule has 0 aliphatic heterocycles. The molecule has 1 heterocycles. The van der Waals surface area contributed by atoms with Crippen LogP contribution in [0.4, 0.5) is 0 Å². The van der Waals surface area contributed by atoms with Gasteiger partial charge in [-0.25, -0.2) is 4.98 Å². The van der Waals surface area contributed by atoms with Gasteiger partial charge in [-0.2, -0.15) is 0 Å². The number of aromatic nitrogens is 2. The van der Waals surface area contributed by atoms with Crippen LogP contribution in [0.3, 0.4) is 0 Å². The second-order valence-electron chi connectivity index (χ2n) is 4.00. The molecule has 84 valence electrons. The van der Waals surface area contributed by atoms with E-state index in [-0.39, 0.29) is 11.9 Å². The molecule has 1 rings (SSSR count). The molecule has 15 heavy (non-hydrogen) atoms. The third-order valence-corrected chi connectivity index (χ3v) is 2.12. The van der Waals surface area contributed by atoms with E-state index in [9.17, 15) is 4.79 Å². The van der Waals surface area contributed by atoms with Gasteiger partial charge in [0.1, 0.15) is 5.69 Å². The van der Waals surface area contributed by atoms with Crippen molar-refractivity contribution in [3.8, 4) is 0 Å². The normalized spacial score (nSPS) is 12.8. The molecule has 0 saturated heterocycles. The van der Waals surface area contributed by atoms with E-state index in [1.165, 1.54) is 12.5 Å². The fourth-order valence-electron chi connectivity index (χ4n) is 1.43. The zero-order valence-corrected chi connectivity index (χ0v) is 9.16. The molecule has 4 N–H and O–H groups in total. The second-order valence-corrected chi connectivity index (χ2v) is 4.00. The summed E-state index contributed by atoms with van der Waals surface area (Å²) in [5, 5.41) is 2.87. The lowest BCUT2D eigenvalue weighted by Gasteiger charge is -2.18. The van der Waals surface area contributed by atoms with Gasteiger partial charge in [0.25, 0.3) is 5.91 Å². The van der Waals surface area contributed by atoms with Gasteiger partial charge in [-0.1, -0.05) is 13.8 Å². The molecule has 0 fully saturated rings. The summed E-state index contributed by atoms with van der Waals surface area (Å²) in [4.78, 5) is 18.2. The molecule has 1 amide bonds. The molecule has 5 nitrogen and oxygen atoms in total. The van der Waals surface area contributed by atoms with Crippen molar-refractivity contribution in [1.82, 2.24) is 15.3 Å². The molecule has 0 radical (unpaired) electrons. The zero-order chi connectivity index (χ0) is 11.3. The van der Waals surface area contributed by atoms with Gasteiger partial charge in [-0.3, -0.25) is 4.79 Å². The Kier molecular flexibility index (Phi) is 4.30. The highest BCUT2D eigenvalue weighted by atomic mass is 16.1. The maximum atomic E-state index is 11.6. The highest BCUT2D eigenvalue weighted by molar-refractivity contribution is 5.92. The van der Waals surface area contributed by atoms with Gasteiger partial charge in [0.15, 0.2) is 0 Å². The number of hydrogen-bond donors (Lipinski definition) is 3. The summed E-state index contributed by atoms with van der Waals surface area (Å²) in [6.45, 7) is 4.66. The number of hydrogen-bond acceptors (Lipinski definition) is 3. The Labute approximate surface area is 89.5 Å². The van der Waals surface area contributed by atoms with Crippen molar-refractivity contribution in [2.45, 2.75) is 26.3 Å². The van der Waals surface area contributed by atoms with Crippen molar-refractivity contribution in [3.05, 3.63) is 18.2 Å². The first kappa shape index (κ1) is 11.7. The van der Waals surface area contributed by atoms with E-state index in [4.69, 9.17) is 5.73 Å². The summed E-state index contributed by atoms with van der Waals surface area (Å²) in [5.41, 5.74) is 6.05. The quantitative estimate of drug-likeness (QED) is 0.662. The molecule has 0 saturated carbocycles. The summed E-state index contributed by atoms with van der Waals surface area (Å²) < 4.78 is 0. The lowest BCUT2D eigenvalue weighted by Crippen LogP contribution is -2.41. The number of nitrogens with two attached hydrogens (primary N) is 1. The first-order chi connectivity index (χ1) is 7.13. The first-order valence-corrected chi connectivity index (χ1v) is 5.12. The van der Waals surface area contributed by atoms with Gasteiger partial charge < -0.3 is 16.0 Å². The van der Waals surface area contributed by atoms with Gasteiger partial charge in [0, 0.05) is 12.6 Å². The largest absolute Gasteiger partial charge is 0.347 e. The molecule has 0 aliphatic carbocycles. The number of nitrogens with zero attached hydrogens (tertiary/aromatic N) is 1. The van der Waals surface area contributed by atoms with Gasteiger partial charge in [-0.05, 0) is 12.3 Å². The minimum Gasteiger partial charge on any atom is -0.347 e. The molecule has 0 spiro atoms. The van der Waals surface area contributed by atoms with Gasteiger partial charge in [-0.15, -0.1) is 0 Å². The van der Waals surface area contributed by atoms with Crippen LogP contribution in [0.15, 0.2) is 12.5 Å². The molecule has 0 aromatic carbocycles. The predicted molar refractivity (Wildman–Crippen MR) is 58.4 cm³/mol. The molecule has 0 aliphatic rings. The highest BCUT2D eigenvalue weighted by Gasteiger charge is 2.14. The van der Waals surface area contributed by atoms with Crippen molar-refractivity contribution in [2.75, 3.05) is 6.54 Å². The van der Waals surface area contributed by atoms with Gasteiger partial charge in [0.2, 0.25) is 0 Å².